The van der Waals surface area contributed by atoms with Crippen molar-refractivity contribution in [3.63, 3.8) is 0 Å². The SMILES string of the molecule is COc1ccc(Cc2nc3ccccc3n2C)cc1.Cl. The zero-order valence-corrected chi connectivity index (χ0v) is 12.4. The molecule has 3 rings (SSSR count). The summed E-state index contributed by atoms with van der Waals surface area (Å²) in [5.41, 5.74) is 3.46. The molecule has 3 nitrogen and oxygen atoms in total. The van der Waals surface area contributed by atoms with Crippen LogP contribution >= 0.6 is 12.4 Å². The van der Waals surface area contributed by atoms with Crippen molar-refractivity contribution in [3.05, 3.63) is 59.9 Å². The van der Waals surface area contributed by atoms with Gasteiger partial charge in [0, 0.05) is 13.5 Å². The van der Waals surface area contributed by atoms with Gasteiger partial charge in [-0.05, 0) is 29.8 Å². The Bertz CT molecular complexity index is 704. The lowest BCUT2D eigenvalue weighted by Crippen LogP contribution is -1.99. The molecule has 0 N–H and O–H groups in total. The van der Waals surface area contributed by atoms with Crippen molar-refractivity contribution >= 4 is 23.4 Å². The van der Waals surface area contributed by atoms with Gasteiger partial charge in [0.1, 0.15) is 11.6 Å². The van der Waals surface area contributed by atoms with E-state index in [9.17, 15) is 0 Å². The number of halogens is 1. The van der Waals surface area contributed by atoms with Crippen molar-refractivity contribution in [2.45, 2.75) is 6.42 Å². The van der Waals surface area contributed by atoms with E-state index in [0.717, 1.165) is 23.5 Å². The van der Waals surface area contributed by atoms with Gasteiger partial charge < -0.3 is 9.30 Å². The normalized spacial score (nSPS) is 10.3. The van der Waals surface area contributed by atoms with Gasteiger partial charge >= 0.3 is 0 Å². The molecular weight excluding hydrogens is 272 g/mol. The van der Waals surface area contributed by atoms with Gasteiger partial charge in [-0.2, -0.15) is 0 Å². The fraction of sp³-hybridized carbons (Fsp3) is 0.188. The molecule has 0 fully saturated rings. The van der Waals surface area contributed by atoms with Crippen LogP contribution in [0.5, 0.6) is 5.75 Å². The van der Waals surface area contributed by atoms with Gasteiger partial charge in [-0.25, -0.2) is 4.98 Å². The Morgan fingerprint density at radius 2 is 1.75 bits per heavy atom. The molecule has 0 radical (unpaired) electrons. The average molecular weight is 289 g/mol. The van der Waals surface area contributed by atoms with Crippen LogP contribution in [0, 0.1) is 0 Å². The quantitative estimate of drug-likeness (QED) is 0.736. The average Bonchev–Trinajstić information content (AvgIpc) is 2.77. The molecule has 0 aliphatic rings. The summed E-state index contributed by atoms with van der Waals surface area (Å²) in [6.07, 6.45) is 0.829. The Morgan fingerprint density at radius 3 is 2.40 bits per heavy atom. The predicted molar refractivity (Wildman–Crippen MR) is 83.8 cm³/mol. The number of para-hydroxylation sites is 2. The lowest BCUT2D eigenvalue weighted by atomic mass is 10.1. The number of imidazole rings is 1. The van der Waals surface area contributed by atoms with E-state index in [-0.39, 0.29) is 12.4 Å². The number of hydrogen-bond donors (Lipinski definition) is 0. The maximum absolute atomic E-state index is 5.17. The molecule has 0 amide bonds. The number of fused-ring (bicyclic) bond motifs is 1. The minimum absolute atomic E-state index is 0. The van der Waals surface area contributed by atoms with Gasteiger partial charge in [0.25, 0.3) is 0 Å². The lowest BCUT2D eigenvalue weighted by Gasteiger charge is -2.04. The minimum Gasteiger partial charge on any atom is -0.497 e. The maximum atomic E-state index is 5.17. The minimum atomic E-state index is 0. The number of aromatic nitrogens is 2. The molecule has 0 saturated heterocycles. The van der Waals surface area contributed by atoms with Crippen LogP contribution in [-0.2, 0) is 13.5 Å². The summed E-state index contributed by atoms with van der Waals surface area (Å²) in [5, 5.41) is 0. The first-order chi connectivity index (χ1) is 9.28. The van der Waals surface area contributed by atoms with Gasteiger partial charge in [0.2, 0.25) is 0 Å². The first kappa shape index (κ1) is 14.4. The Labute approximate surface area is 124 Å². The number of aryl methyl sites for hydroxylation is 1. The van der Waals surface area contributed by atoms with Gasteiger partial charge in [-0.3, -0.25) is 0 Å². The molecule has 0 aliphatic heterocycles. The highest BCUT2D eigenvalue weighted by molar-refractivity contribution is 5.85. The smallest absolute Gasteiger partial charge is 0.118 e. The van der Waals surface area contributed by atoms with Crippen LogP contribution in [0.4, 0.5) is 0 Å². The number of methoxy groups -OCH3 is 1. The molecule has 20 heavy (non-hydrogen) atoms. The van der Waals surface area contributed by atoms with Crippen LogP contribution in [0.3, 0.4) is 0 Å². The third kappa shape index (κ3) is 2.63. The predicted octanol–water partition coefficient (Wildman–Crippen LogP) is 3.59. The molecular formula is C16H17ClN2O. The second-order valence-corrected chi connectivity index (χ2v) is 4.60. The van der Waals surface area contributed by atoms with Crippen LogP contribution < -0.4 is 4.74 Å². The summed E-state index contributed by atoms with van der Waals surface area (Å²) in [6.45, 7) is 0. The molecule has 3 aromatic rings. The molecule has 0 bridgehead atoms. The highest BCUT2D eigenvalue weighted by Crippen LogP contribution is 2.18. The van der Waals surface area contributed by atoms with Crippen LogP contribution in [0.15, 0.2) is 48.5 Å². The Balaban J connectivity index is 0.00000147. The number of rotatable bonds is 3. The van der Waals surface area contributed by atoms with Crippen LogP contribution in [0.2, 0.25) is 0 Å². The number of benzene rings is 2. The molecule has 0 aliphatic carbocycles. The fourth-order valence-electron chi connectivity index (χ4n) is 2.28. The summed E-state index contributed by atoms with van der Waals surface area (Å²) < 4.78 is 7.32. The van der Waals surface area contributed by atoms with Crippen molar-refractivity contribution < 1.29 is 4.74 Å². The molecule has 104 valence electrons. The van der Waals surface area contributed by atoms with Gasteiger partial charge in [-0.1, -0.05) is 24.3 Å². The van der Waals surface area contributed by atoms with E-state index in [4.69, 9.17) is 4.74 Å². The second-order valence-electron chi connectivity index (χ2n) is 4.60. The highest BCUT2D eigenvalue weighted by Gasteiger charge is 2.07. The second kappa shape index (κ2) is 5.97. The number of nitrogens with zero attached hydrogens (tertiary/aromatic N) is 2. The zero-order valence-electron chi connectivity index (χ0n) is 11.5. The van der Waals surface area contributed by atoms with Crippen LogP contribution in [0.25, 0.3) is 11.0 Å². The van der Waals surface area contributed by atoms with E-state index in [1.807, 2.05) is 30.3 Å². The first-order valence-corrected chi connectivity index (χ1v) is 6.31. The molecule has 0 saturated carbocycles. The van der Waals surface area contributed by atoms with Crippen LogP contribution in [-0.4, -0.2) is 16.7 Å². The molecule has 2 aromatic carbocycles. The van der Waals surface area contributed by atoms with E-state index in [0.29, 0.717) is 0 Å². The third-order valence-electron chi connectivity index (χ3n) is 3.40. The van der Waals surface area contributed by atoms with Crippen LogP contribution in [0.1, 0.15) is 11.4 Å². The van der Waals surface area contributed by atoms with E-state index in [1.165, 1.54) is 11.1 Å². The summed E-state index contributed by atoms with van der Waals surface area (Å²) in [5.74, 6) is 1.96. The Kier molecular flexibility index (Phi) is 4.30. The molecule has 0 unspecified atom stereocenters. The number of hydrogen-bond acceptors (Lipinski definition) is 2. The lowest BCUT2D eigenvalue weighted by molar-refractivity contribution is 0.414. The molecule has 1 aromatic heterocycles. The Hall–Kier alpha value is -2.00. The maximum Gasteiger partial charge on any atom is 0.118 e. The standard InChI is InChI=1S/C16H16N2O.ClH/c1-18-15-6-4-3-5-14(15)17-16(18)11-12-7-9-13(19-2)10-8-12;/h3-10H,11H2,1-2H3;1H. The van der Waals surface area contributed by atoms with Gasteiger partial charge in [0.15, 0.2) is 0 Å². The van der Waals surface area contributed by atoms with E-state index in [1.54, 1.807) is 7.11 Å². The summed E-state index contributed by atoms with van der Waals surface area (Å²) in [7, 11) is 3.74. The third-order valence-corrected chi connectivity index (χ3v) is 3.40. The molecule has 0 atom stereocenters. The van der Waals surface area contributed by atoms with Crippen molar-refractivity contribution in [1.29, 1.82) is 0 Å². The van der Waals surface area contributed by atoms with E-state index in [2.05, 4.69) is 34.8 Å². The topological polar surface area (TPSA) is 27.1 Å². The summed E-state index contributed by atoms with van der Waals surface area (Å²) in [4.78, 5) is 4.68. The largest absolute Gasteiger partial charge is 0.497 e. The Morgan fingerprint density at radius 1 is 1.05 bits per heavy atom. The first-order valence-electron chi connectivity index (χ1n) is 6.31. The molecule has 4 heteroatoms. The highest BCUT2D eigenvalue weighted by atomic mass is 35.5. The van der Waals surface area contributed by atoms with Crippen molar-refractivity contribution in [2.24, 2.45) is 7.05 Å². The zero-order chi connectivity index (χ0) is 13.2. The number of ether oxygens (including phenoxy) is 1. The molecule has 0 spiro atoms. The van der Waals surface area contributed by atoms with Gasteiger partial charge in [0.05, 0.1) is 18.1 Å². The fourth-order valence-corrected chi connectivity index (χ4v) is 2.28. The summed E-state index contributed by atoms with van der Waals surface area (Å²) in [6, 6.07) is 16.3. The van der Waals surface area contributed by atoms with Gasteiger partial charge in [-0.15, -0.1) is 12.4 Å². The molecule has 1 heterocycles. The van der Waals surface area contributed by atoms with Crippen molar-refractivity contribution in [2.75, 3.05) is 7.11 Å². The van der Waals surface area contributed by atoms with E-state index >= 15 is 0 Å². The van der Waals surface area contributed by atoms with Crippen molar-refractivity contribution in [3.8, 4) is 5.75 Å². The van der Waals surface area contributed by atoms with Crippen molar-refractivity contribution in [1.82, 2.24) is 9.55 Å². The monoisotopic (exact) mass is 288 g/mol. The summed E-state index contributed by atoms with van der Waals surface area (Å²) >= 11 is 0. The van der Waals surface area contributed by atoms with E-state index < -0.39 is 0 Å².